The molecule has 1 unspecified atom stereocenters. The minimum absolute atomic E-state index is 0.0360. The molecule has 14 heavy (non-hydrogen) atoms. The van der Waals surface area contributed by atoms with Crippen molar-refractivity contribution in [2.24, 2.45) is 5.41 Å². The van der Waals surface area contributed by atoms with Crippen LogP contribution in [0.2, 0.25) is 0 Å². The highest BCUT2D eigenvalue weighted by Gasteiger charge is 2.34. The largest absolute Gasteiger partial charge is 0.392 e. The summed E-state index contributed by atoms with van der Waals surface area (Å²) in [5.74, 6) is 0. The molecule has 1 aliphatic rings. The normalized spacial score (nSPS) is 30.2. The Kier molecular flexibility index (Phi) is 3.93. The van der Waals surface area contributed by atoms with Crippen molar-refractivity contribution in [2.75, 3.05) is 19.6 Å². The lowest BCUT2D eigenvalue weighted by atomic mass is 9.81. The highest BCUT2D eigenvalue weighted by atomic mass is 16.3. The van der Waals surface area contributed by atoms with Gasteiger partial charge in [0.05, 0.1) is 12.2 Å². The van der Waals surface area contributed by atoms with Crippen molar-refractivity contribution in [3.8, 4) is 0 Å². The lowest BCUT2D eigenvalue weighted by Gasteiger charge is -2.42. The van der Waals surface area contributed by atoms with Gasteiger partial charge in [0, 0.05) is 25.0 Å². The molecule has 2 atom stereocenters. The van der Waals surface area contributed by atoms with Gasteiger partial charge in [0.25, 0.3) is 0 Å². The molecular weight excluding hydrogens is 178 g/mol. The Hall–Kier alpha value is -0.120. The zero-order chi connectivity index (χ0) is 10.8. The Bertz CT molecular complexity index is 182. The van der Waals surface area contributed by atoms with Crippen LogP contribution in [0, 0.1) is 5.41 Å². The second-order valence-corrected chi connectivity index (χ2v) is 5.09. The van der Waals surface area contributed by atoms with E-state index in [0.717, 1.165) is 32.5 Å². The van der Waals surface area contributed by atoms with Crippen LogP contribution in [0.1, 0.15) is 33.6 Å². The molecule has 84 valence electrons. The summed E-state index contributed by atoms with van der Waals surface area (Å²) >= 11 is 0. The van der Waals surface area contributed by atoms with Gasteiger partial charge in [-0.3, -0.25) is 0 Å². The minimum Gasteiger partial charge on any atom is -0.392 e. The topological polar surface area (TPSA) is 43.7 Å². The van der Waals surface area contributed by atoms with Gasteiger partial charge >= 0.3 is 0 Å². The standard InChI is InChI=1S/C11H23NO2/c1-4-9(13)7-12-6-5-10(14)11(2,3)8-12/h9-10,13-14H,4-8H2,1-3H3/t9-,10?/m1/s1. The van der Waals surface area contributed by atoms with E-state index in [0.29, 0.717) is 0 Å². The predicted molar refractivity (Wildman–Crippen MR) is 57.1 cm³/mol. The number of hydrogen-bond acceptors (Lipinski definition) is 3. The molecule has 3 nitrogen and oxygen atoms in total. The van der Waals surface area contributed by atoms with Gasteiger partial charge in [0.2, 0.25) is 0 Å². The maximum Gasteiger partial charge on any atom is 0.0664 e. The average molecular weight is 201 g/mol. The van der Waals surface area contributed by atoms with Gasteiger partial charge in [-0.2, -0.15) is 0 Å². The monoisotopic (exact) mass is 201 g/mol. The van der Waals surface area contributed by atoms with Crippen molar-refractivity contribution < 1.29 is 10.2 Å². The smallest absolute Gasteiger partial charge is 0.0664 e. The van der Waals surface area contributed by atoms with Crippen LogP contribution in [0.4, 0.5) is 0 Å². The van der Waals surface area contributed by atoms with Crippen molar-refractivity contribution in [3.63, 3.8) is 0 Å². The molecule has 1 heterocycles. The summed E-state index contributed by atoms with van der Waals surface area (Å²) in [4.78, 5) is 2.25. The van der Waals surface area contributed by atoms with Gasteiger partial charge in [0.15, 0.2) is 0 Å². The first-order valence-electron chi connectivity index (χ1n) is 5.54. The molecule has 1 aliphatic heterocycles. The van der Waals surface area contributed by atoms with E-state index < -0.39 is 0 Å². The fourth-order valence-corrected chi connectivity index (χ4v) is 2.04. The molecule has 0 aromatic heterocycles. The second kappa shape index (κ2) is 4.60. The van der Waals surface area contributed by atoms with Crippen LogP contribution in [0.3, 0.4) is 0 Å². The molecule has 3 heteroatoms. The second-order valence-electron chi connectivity index (χ2n) is 5.09. The number of β-amino-alcohol motifs (C(OH)–C–C–N with tert-alkyl or cyclic N) is 1. The Morgan fingerprint density at radius 1 is 1.50 bits per heavy atom. The summed E-state index contributed by atoms with van der Waals surface area (Å²) < 4.78 is 0. The first-order chi connectivity index (χ1) is 6.45. The Labute approximate surface area is 86.7 Å². The molecule has 0 saturated carbocycles. The van der Waals surface area contributed by atoms with Crippen LogP contribution in [-0.2, 0) is 0 Å². The van der Waals surface area contributed by atoms with Crippen molar-refractivity contribution in [2.45, 2.75) is 45.8 Å². The molecule has 0 radical (unpaired) electrons. The summed E-state index contributed by atoms with van der Waals surface area (Å²) in [7, 11) is 0. The molecule has 1 rings (SSSR count). The first-order valence-corrected chi connectivity index (χ1v) is 5.54. The van der Waals surface area contributed by atoms with Crippen LogP contribution in [-0.4, -0.2) is 47.0 Å². The van der Waals surface area contributed by atoms with Crippen molar-refractivity contribution in [1.82, 2.24) is 4.90 Å². The lowest BCUT2D eigenvalue weighted by molar-refractivity contribution is -0.0361. The quantitative estimate of drug-likeness (QED) is 0.711. The highest BCUT2D eigenvalue weighted by Crippen LogP contribution is 2.29. The molecule has 0 aliphatic carbocycles. The number of likely N-dealkylation sites (tertiary alicyclic amines) is 1. The van der Waals surface area contributed by atoms with Gasteiger partial charge < -0.3 is 15.1 Å². The molecular formula is C11H23NO2. The lowest BCUT2D eigenvalue weighted by Crippen LogP contribution is -2.50. The average Bonchev–Trinajstić information content (AvgIpc) is 2.11. The van der Waals surface area contributed by atoms with Crippen LogP contribution in [0.5, 0.6) is 0 Å². The van der Waals surface area contributed by atoms with E-state index in [2.05, 4.69) is 18.7 Å². The third kappa shape index (κ3) is 2.94. The van der Waals surface area contributed by atoms with E-state index in [-0.39, 0.29) is 17.6 Å². The van der Waals surface area contributed by atoms with Gasteiger partial charge in [0.1, 0.15) is 0 Å². The maximum atomic E-state index is 9.76. The van der Waals surface area contributed by atoms with E-state index in [4.69, 9.17) is 0 Å². The van der Waals surface area contributed by atoms with Gasteiger partial charge in [-0.25, -0.2) is 0 Å². The summed E-state index contributed by atoms with van der Waals surface area (Å²) in [5, 5.41) is 19.3. The fraction of sp³-hybridized carbons (Fsp3) is 1.00. The van der Waals surface area contributed by atoms with E-state index in [1.54, 1.807) is 0 Å². The Morgan fingerprint density at radius 3 is 2.64 bits per heavy atom. The third-order valence-electron chi connectivity index (χ3n) is 3.19. The number of hydrogen-bond donors (Lipinski definition) is 2. The number of rotatable bonds is 3. The van der Waals surface area contributed by atoms with Gasteiger partial charge in [-0.1, -0.05) is 20.8 Å². The zero-order valence-electron chi connectivity index (χ0n) is 9.53. The molecule has 0 aromatic rings. The van der Waals surface area contributed by atoms with E-state index in [9.17, 15) is 10.2 Å². The summed E-state index contributed by atoms with van der Waals surface area (Å²) in [6.45, 7) is 8.69. The molecule has 0 spiro atoms. The number of aliphatic hydroxyl groups excluding tert-OH is 2. The maximum absolute atomic E-state index is 9.76. The number of aliphatic hydroxyl groups is 2. The van der Waals surface area contributed by atoms with Gasteiger partial charge in [-0.05, 0) is 12.8 Å². The SMILES string of the molecule is CC[C@@H](O)CN1CCC(O)C(C)(C)C1. The van der Waals surface area contributed by atoms with Crippen molar-refractivity contribution in [3.05, 3.63) is 0 Å². The van der Waals surface area contributed by atoms with Crippen molar-refractivity contribution >= 4 is 0 Å². The predicted octanol–water partition coefficient (Wildman–Crippen LogP) is 0.850. The van der Waals surface area contributed by atoms with Crippen LogP contribution in [0.25, 0.3) is 0 Å². The Balaban J connectivity index is 2.43. The molecule has 0 bridgehead atoms. The first kappa shape index (κ1) is 12.0. The fourth-order valence-electron chi connectivity index (χ4n) is 2.04. The highest BCUT2D eigenvalue weighted by molar-refractivity contribution is 4.87. The van der Waals surface area contributed by atoms with Crippen molar-refractivity contribution in [1.29, 1.82) is 0 Å². The van der Waals surface area contributed by atoms with Crippen LogP contribution < -0.4 is 0 Å². The molecule has 1 saturated heterocycles. The number of piperidine rings is 1. The Morgan fingerprint density at radius 2 is 2.14 bits per heavy atom. The van der Waals surface area contributed by atoms with E-state index in [1.807, 2.05) is 6.92 Å². The molecule has 2 N–H and O–H groups in total. The molecule has 1 fully saturated rings. The zero-order valence-corrected chi connectivity index (χ0v) is 9.53. The number of nitrogens with zero attached hydrogens (tertiary/aromatic N) is 1. The summed E-state index contributed by atoms with van der Waals surface area (Å²) in [6.07, 6.45) is 1.21. The summed E-state index contributed by atoms with van der Waals surface area (Å²) in [5.41, 5.74) is -0.0360. The third-order valence-corrected chi connectivity index (χ3v) is 3.19. The minimum atomic E-state index is -0.221. The van der Waals surface area contributed by atoms with Crippen LogP contribution in [0.15, 0.2) is 0 Å². The van der Waals surface area contributed by atoms with E-state index >= 15 is 0 Å². The van der Waals surface area contributed by atoms with E-state index in [1.165, 1.54) is 0 Å². The molecule has 0 aromatic carbocycles. The van der Waals surface area contributed by atoms with Crippen LogP contribution >= 0.6 is 0 Å². The van der Waals surface area contributed by atoms with Gasteiger partial charge in [-0.15, -0.1) is 0 Å². The molecule has 0 amide bonds. The summed E-state index contributed by atoms with van der Waals surface area (Å²) in [6, 6.07) is 0.